The molecule has 0 bridgehead atoms. The molecule has 0 radical (unpaired) electrons. The van der Waals surface area contributed by atoms with Gasteiger partial charge in [-0.2, -0.15) is 0 Å². The summed E-state index contributed by atoms with van der Waals surface area (Å²) >= 11 is 0. The average Bonchev–Trinajstić information content (AvgIpc) is 2.66. The van der Waals surface area contributed by atoms with Crippen LogP contribution in [-0.4, -0.2) is 41.6 Å². The van der Waals surface area contributed by atoms with Gasteiger partial charge in [-0.15, -0.1) is 0 Å². The van der Waals surface area contributed by atoms with E-state index in [-0.39, 0.29) is 11.6 Å². The van der Waals surface area contributed by atoms with Gasteiger partial charge in [0.1, 0.15) is 5.82 Å². The number of para-hydroxylation sites is 2. The number of rotatable bonds is 7. The number of nitrogens with one attached hydrogen (secondary N) is 1. The Bertz CT molecular complexity index is 918. The van der Waals surface area contributed by atoms with Crippen LogP contribution in [0.25, 0.3) is 16.6 Å². The molecular formula is C21H26N4O. The van der Waals surface area contributed by atoms with Crippen molar-refractivity contribution >= 4 is 10.9 Å². The Morgan fingerprint density at radius 3 is 2.46 bits per heavy atom. The maximum atomic E-state index is 13.2. The molecule has 0 fully saturated rings. The van der Waals surface area contributed by atoms with Crippen molar-refractivity contribution in [3.8, 4) is 5.69 Å². The van der Waals surface area contributed by atoms with E-state index in [4.69, 9.17) is 4.98 Å². The summed E-state index contributed by atoms with van der Waals surface area (Å²) in [6.07, 6.45) is 0.852. The molecule has 5 heteroatoms. The molecular weight excluding hydrogens is 324 g/mol. The van der Waals surface area contributed by atoms with Gasteiger partial charge in [-0.05, 0) is 44.8 Å². The van der Waals surface area contributed by atoms with Crippen LogP contribution in [0.15, 0.2) is 59.4 Å². The van der Waals surface area contributed by atoms with Crippen molar-refractivity contribution in [2.75, 3.05) is 27.2 Å². The van der Waals surface area contributed by atoms with Crippen molar-refractivity contribution < 1.29 is 0 Å². The molecule has 1 N–H and O–H groups in total. The predicted molar refractivity (Wildman–Crippen MR) is 107 cm³/mol. The third-order valence-electron chi connectivity index (χ3n) is 4.49. The minimum atomic E-state index is -0.0235. The number of benzene rings is 2. The second kappa shape index (κ2) is 8.25. The lowest BCUT2D eigenvalue weighted by Crippen LogP contribution is -2.34. The first-order chi connectivity index (χ1) is 12.6. The van der Waals surface area contributed by atoms with Crippen LogP contribution in [0.4, 0.5) is 0 Å². The molecule has 1 aromatic heterocycles. The van der Waals surface area contributed by atoms with Crippen LogP contribution in [0.5, 0.6) is 0 Å². The van der Waals surface area contributed by atoms with Crippen molar-refractivity contribution in [2.24, 2.45) is 0 Å². The highest BCUT2D eigenvalue weighted by Crippen LogP contribution is 2.20. The fraction of sp³-hybridized carbons (Fsp3) is 0.333. The number of aromatic nitrogens is 2. The molecule has 0 spiro atoms. The number of hydrogen-bond donors (Lipinski definition) is 1. The van der Waals surface area contributed by atoms with Crippen LogP contribution in [0.3, 0.4) is 0 Å². The molecule has 136 valence electrons. The van der Waals surface area contributed by atoms with Gasteiger partial charge in [0.15, 0.2) is 0 Å². The van der Waals surface area contributed by atoms with Gasteiger partial charge in [0.2, 0.25) is 0 Å². The Balaban J connectivity index is 2.14. The molecule has 3 aromatic rings. The molecule has 0 saturated carbocycles. The van der Waals surface area contributed by atoms with Gasteiger partial charge in [-0.25, -0.2) is 4.98 Å². The summed E-state index contributed by atoms with van der Waals surface area (Å²) in [7, 11) is 4.10. The van der Waals surface area contributed by atoms with Crippen LogP contribution in [0.2, 0.25) is 0 Å². The van der Waals surface area contributed by atoms with Gasteiger partial charge in [0, 0.05) is 13.1 Å². The lowest BCUT2D eigenvalue weighted by molar-refractivity contribution is 0.376. The van der Waals surface area contributed by atoms with E-state index in [0.29, 0.717) is 5.39 Å². The minimum Gasteiger partial charge on any atom is -0.308 e. The van der Waals surface area contributed by atoms with Gasteiger partial charge >= 0.3 is 0 Å². The molecule has 5 nitrogen and oxygen atoms in total. The summed E-state index contributed by atoms with van der Waals surface area (Å²) in [4.78, 5) is 20.2. The van der Waals surface area contributed by atoms with Crippen molar-refractivity contribution in [3.63, 3.8) is 0 Å². The zero-order valence-electron chi connectivity index (χ0n) is 15.6. The maximum absolute atomic E-state index is 13.2. The maximum Gasteiger partial charge on any atom is 0.266 e. The second-order valence-electron chi connectivity index (χ2n) is 6.68. The average molecular weight is 350 g/mol. The zero-order chi connectivity index (χ0) is 18.5. The van der Waals surface area contributed by atoms with Crippen LogP contribution in [0, 0.1) is 0 Å². The summed E-state index contributed by atoms with van der Waals surface area (Å²) < 4.78 is 1.75. The highest BCUT2D eigenvalue weighted by molar-refractivity contribution is 5.77. The molecule has 26 heavy (non-hydrogen) atoms. The Morgan fingerprint density at radius 1 is 1.08 bits per heavy atom. The fourth-order valence-electron chi connectivity index (χ4n) is 3.09. The van der Waals surface area contributed by atoms with Crippen LogP contribution in [0.1, 0.15) is 25.2 Å². The number of likely N-dealkylation sites (N-methyl/N-ethyl adjacent to an activating group) is 1. The van der Waals surface area contributed by atoms with E-state index >= 15 is 0 Å². The second-order valence-corrected chi connectivity index (χ2v) is 6.68. The summed E-state index contributed by atoms with van der Waals surface area (Å²) in [6, 6.07) is 17.3. The molecule has 0 aliphatic heterocycles. The normalized spacial score (nSPS) is 12.6. The topological polar surface area (TPSA) is 50.2 Å². The predicted octanol–water partition coefficient (Wildman–Crippen LogP) is 2.99. The Labute approximate surface area is 154 Å². The van der Waals surface area contributed by atoms with Crippen LogP contribution in [-0.2, 0) is 0 Å². The smallest absolute Gasteiger partial charge is 0.266 e. The van der Waals surface area contributed by atoms with Gasteiger partial charge < -0.3 is 10.2 Å². The van der Waals surface area contributed by atoms with E-state index in [9.17, 15) is 4.79 Å². The lowest BCUT2D eigenvalue weighted by Gasteiger charge is -2.22. The first-order valence-electron chi connectivity index (χ1n) is 9.07. The van der Waals surface area contributed by atoms with Crippen molar-refractivity contribution in [1.82, 2.24) is 19.8 Å². The lowest BCUT2D eigenvalue weighted by atomic mass is 10.1. The summed E-state index contributed by atoms with van der Waals surface area (Å²) in [5, 5.41) is 4.20. The third-order valence-corrected chi connectivity index (χ3v) is 4.49. The molecule has 3 rings (SSSR count). The van der Waals surface area contributed by atoms with Gasteiger partial charge in [0.05, 0.1) is 22.6 Å². The van der Waals surface area contributed by atoms with Crippen molar-refractivity contribution in [2.45, 2.75) is 19.4 Å². The van der Waals surface area contributed by atoms with E-state index in [2.05, 4.69) is 31.2 Å². The highest BCUT2D eigenvalue weighted by Gasteiger charge is 2.19. The molecule has 0 unspecified atom stereocenters. The Morgan fingerprint density at radius 2 is 1.77 bits per heavy atom. The van der Waals surface area contributed by atoms with E-state index in [1.807, 2.05) is 54.6 Å². The highest BCUT2D eigenvalue weighted by atomic mass is 16.1. The van der Waals surface area contributed by atoms with Gasteiger partial charge in [-0.3, -0.25) is 9.36 Å². The minimum absolute atomic E-state index is 0.00691. The van der Waals surface area contributed by atoms with E-state index in [1.54, 1.807) is 4.57 Å². The van der Waals surface area contributed by atoms with E-state index < -0.39 is 0 Å². The Kier molecular flexibility index (Phi) is 5.81. The largest absolute Gasteiger partial charge is 0.308 e. The van der Waals surface area contributed by atoms with Crippen molar-refractivity contribution in [3.05, 3.63) is 70.8 Å². The Hall–Kier alpha value is -2.50. The quantitative estimate of drug-likeness (QED) is 0.712. The molecule has 1 heterocycles. The first kappa shape index (κ1) is 18.3. The number of fused-ring (bicyclic) bond motifs is 1. The molecule has 0 amide bonds. The molecule has 2 aromatic carbocycles. The molecule has 0 saturated heterocycles. The molecule has 1 atom stereocenters. The summed E-state index contributed by atoms with van der Waals surface area (Å²) in [5.41, 5.74) is 1.57. The standard InChI is InChI=1S/C21H26N4O/c1-4-18(22-14-15-24(2)3)20-23-19-13-9-8-12-17(19)21(26)25(20)16-10-6-5-7-11-16/h5-13,18,22H,4,14-15H2,1-3H3/t18-/m1/s1. The summed E-state index contributed by atoms with van der Waals surface area (Å²) in [6.45, 7) is 3.88. The third kappa shape index (κ3) is 3.84. The van der Waals surface area contributed by atoms with Crippen LogP contribution >= 0.6 is 0 Å². The first-order valence-corrected chi connectivity index (χ1v) is 9.07. The van der Waals surface area contributed by atoms with Crippen LogP contribution < -0.4 is 10.9 Å². The zero-order valence-corrected chi connectivity index (χ0v) is 15.6. The number of hydrogen-bond acceptors (Lipinski definition) is 4. The van der Waals surface area contributed by atoms with Gasteiger partial charge in [-0.1, -0.05) is 37.3 Å². The SMILES string of the molecule is CC[C@@H](NCCN(C)C)c1nc2ccccc2c(=O)n1-c1ccccc1. The number of nitrogens with zero attached hydrogens (tertiary/aromatic N) is 3. The monoisotopic (exact) mass is 350 g/mol. The summed E-state index contributed by atoms with van der Waals surface area (Å²) in [5.74, 6) is 0.765. The fourth-order valence-corrected chi connectivity index (χ4v) is 3.09. The molecule has 0 aliphatic rings. The van der Waals surface area contributed by atoms with Gasteiger partial charge in [0.25, 0.3) is 5.56 Å². The van der Waals surface area contributed by atoms with Crippen molar-refractivity contribution in [1.29, 1.82) is 0 Å². The molecule has 0 aliphatic carbocycles. The van der Waals surface area contributed by atoms with E-state index in [1.165, 1.54) is 0 Å². The van der Waals surface area contributed by atoms with E-state index in [0.717, 1.165) is 36.5 Å².